The number of rotatable bonds is 4. The molecule has 0 radical (unpaired) electrons. The summed E-state index contributed by atoms with van der Waals surface area (Å²) in [7, 11) is 0. The van der Waals surface area contributed by atoms with Crippen molar-refractivity contribution in [1.82, 2.24) is 5.32 Å². The van der Waals surface area contributed by atoms with Crippen LogP contribution in [0.25, 0.3) is 0 Å². The molecule has 0 amide bonds. The van der Waals surface area contributed by atoms with Crippen molar-refractivity contribution in [2.45, 2.75) is 25.9 Å². The summed E-state index contributed by atoms with van der Waals surface area (Å²) in [6.45, 7) is 4.03. The van der Waals surface area contributed by atoms with Crippen LogP contribution in [0.15, 0.2) is 48.5 Å². The van der Waals surface area contributed by atoms with Crippen LogP contribution in [-0.4, -0.2) is 0 Å². The Kier molecular flexibility index (Phi) is 4.49. The lowest BCUT2D eigenvalue weighted by molar-refractivity contribution is 0.492. The monoisotopic (exact) mass is 268 g/mol. The lowest BCUT2D eigenvalue weighted by Crippen LogP contribution is -2.22. The van der Waals surface area contributed by atoms with Gasteiger partial charge in [-0.3, -0.25) is 0 Å². The second-order valence-electron chi connectivity index (χ2n) is 4.90. The van der Waals surface area contributed by atoms with E-state index in [1.54, 1.807) is 12.1 Å². The summed E-state index contributed by atoms with van der Waals surface area (Å²) in [4.78, 5) is 0. The topological polar surface area (TPSA) is 35.8 Å². The predicted octanol–water partition coefficient (Wildman–Crippen LogP) is 4.11. The molecule has 2 atom stereocenters. The van der Waals surface area contributed by atoms with Crippen LogP contribution in [0.3, 0.4) is 0 Å². The number of nitrogens with one attached hydrogen (secondary N) is 1. The molecule has 2 aromatic carbocycles. The van der Waals surface area contributed by atoms with Gasteiger partial charge in [-0.1, -0.05) is 24.3 Å². The third-order valence-electron chi connectivity index (χ3n) is 3.36. The van der Waals surface area contributed by atoms with E-state index in [0.29, 0.717) is 5.56 Å². The minimum atomic E-state index is -0.227. The Balaban J connectivity index is 2.11. The van der Waals surface area contributed by atoms with E-state index in [-0.39, 0.29) is 17.9 Å². The molecule has 0 heterocycles. The molecule has 0 aliphatic heterocycles. The molecule has 0 bridgehead atoms. The van der Waals surface area contributed by atoms with Gasteiger partial charge in [0, 0.05) is 12.1 Å². The Bertz CT molecular complexity index is 631. The van der Waals surface area contributed by atoms with E-state index in [1.165, 1.54) is 12.1 Å². The van der Waals surface area contributed by atoms with Gasteiger partial charge >= 0.3 is 0 Å². The average Bonchev–Trinajstić information content (AvgIpc) is 2.47. The minimum absolute atomic E-state index is 0.0337. The van der Waals surface area contributed by atoms with Crippen molar-refractivity contribution < 1.29 is 4.39 Å². The zero-order chi connectivity index (χ0) is 14.5. The quantitative estimate of drug-likeness (QED) is 0.905. The van der Waals surface area contributed by atoms with Gasteiger partial charge in [-0.15, -0.1) is 0 Å². The molecule has 20 heavy (non-hydrogen) atoms. The van der Waals surface area contributed by atoms with Crippen molar-refractivity contribution >= 4 is 0 Å². The molecule has 0 aliphatic rings. The smallest absolute Gasteiger partial charge is 0.123 e. The van der Waals surface area contributed by atoms with E-state index in [4.69, 9.17) is 5.26 Å². The van der Waals surface area contributed by atoms with Gasteiger partial charge in [0.05, 0.1) is 11.6 Å². The highest BCUT2D eigenvalue weighted by atomic mass is 19.1. The van der Waals surface area contributed by atoms with Crippen LogP contribution in [0.4, 0.5) is 4.39 Å². The summed E-state index contributed by atoms with van der Waals surface area (Å²) >= 11 is 0. The maximum absolute atomic E-state index is 13.2. The molecule has 2 aromatic rings. The standard InChI is InChI=1S/C17H17FN2/c1-12(15-6-3-5-14(9-15)11-19)20-13(2)16-7-4-8-17(18)10-16/h3-10,12-13,20H,1-2H3/t12?,13-/m0/s1. The molecule has 0 aliphatic carbocycles. The fourth-order valence-corrected chi connectivity index (χ4v) is 2.22. The molecule has 0 fully saturated rings. The van der Waals surface area contributed by atoms with Gasteiger partial charge in [-0.2, -0.15) is 5.26 Å². The van der Waals surface area contributed by atoms with E-state index in [1.807, 2.05) is 38.1 Å². The van der Waals surface area contributed by atoms with Gasteiger partial charge in [0.15, 0.2) is 0 Å². The lowest BCUT2D eigenvalue weighted by Gasteiger charge is -2.21. The van der Waals surface area contributed by atoms with Crippen molar-refractivity contribution in [3.05, 3.63) is 71.0 Å². The van der Waals surface area contributed by atoms with Gasteiger partial charge in [-0.05, 0) is 49.2 Å². The molecule has 0 saturated heterocycles. The summed E-state index contributed by atoms with van der Waals surface area (Å²) in [5, 5.41) is 12.3. The number of hydrogen-bond acceptors (Lipinski definition) is 2. The molecule has 102 valence electrons. The van der Waals surface area contributed by atoms with E-state index in [9.17, 15) is 4.39 Å². The zero-order valence-corrected chi connectivity index (χ0v) is 11.6. The van der Waals surface area contributed by atoms with Crippen molar-refractivity contribution in [2.24, 2.45) is 0 Å². The molecule has 0 saturated carbocycles. The largest absolute Gasteiger partial charge is 0.304 e. The first kappa shape index (κ1) is 14.2. The van der Waals surface area contributed by atoms with Gasteiger partial charge in [-0.25, -0.2) is 4.39 Å². The van der Waals surface area contributed by atoms with Gasteiger partial charge in [0.1, 0.15) is 5.82 Å². The molecule has 2 rings (SSSR count). The maximum Gasteiger partial charge on any atom is 0.123 e. The highest BCUT2D eigenvalue weighted by Crippen LogP contribution is 2.20. The summed E-state index contributed by atoms with van der Waals surface area (Å²) < 4.78 is 13.2. The van der Waals surface area contributed by atoms with Gasteiger partial charge < -0.3 is 5.32 Å². The van der Waals surface area contributed by atoms with Gasteiger partial charge in [0.2, 0.25) is 0 Å². The van der Waals surface area contributed by atoms with Gasteiger partial charge in [0.25, 0.3) is 0 Å². The Morgan fingerprint density at radius 2 is 1.60 bits per heavy atom. The maximum atomic E-state index is 13.2. The van der Waals surface area contributed by atoms with Crippen LogP contribution < -0.4 is 5.32 Å². The molecule has 1 unspecified atom stereocenters. The first-order valence-electron chi connectivity index (χ1n) is 6.61. The number of nitriles is 1. The first-order valence-corrected chi connectivity index (χ1v) is 6.61. The third kappa shape index (κ3) is 3.43. The number of benzene rings is 2. The Morgan fingerprint density at radius 1 is 1.00 bits per heavy atom. The highest BCUT2D eigenvalue weighted by Gasteiger charge is 2.12. The summed E-state index contributed by atoms with van der Waals surface area (Å²) in [6, 6.07) is 16.4. The third-order valence-corrected chi connectivity index (χ3v) is 3.36. The summed E-state index contributed by atoms with van der Waals surface area (Å²) in [6.07, 6.45) is 0. The molecule has 2 nitrogen and oxygen atoms in total. The fraction of sp³-hybridized carbons (Fsp3) is 0.235. The Labute approximate surface area is 118 Å². The molecule has 0 spiro atoms. The normalized spacial score (nSPS) is 13.5. The Morgan fingerprint density at radius 3 is 2.20 bits per heavy atom. The molecule has 3 heteroatoms. The second-order valence-corrected chi connectivity index (χ2v) is 4.90. The van der Waals surface area contributed by atoms with Crippen molar-refractivity contribution in [3.8, 4) is 6.07 Å². The van der Waals surface area contributed by atoms with Crippen LogP contribution in [-0.2, 0) is 0 Å². The number of halogens is 1. The predicted molar refractivity (Wildman–Crippen MR) is 77.5 cm³/mol. The van der Waals surface area contributed by atoms with Crippen LogP contribution in [0.1, 0.15) is 42.6 Å². The SMILES string of the molecule is CC(N[C@@H](C)c1cccc(F)c1)c1cccc(C#N)c1. The van der Waals surface area contributed by atoms with Crippen LogP contribution in [0.2, 0.25) is 0 Å². The average molecular weight is 268 g/mol. The number of hydrogen-bond donors (Lipinski definition) is 1. The fourth-order valence-electron chi connectivity index (χ4n) is 2.22. The van der Waals surface area contributed by atoms with Crippen LogP contribution >= 0.6 is 0 Å². The van der Waals surface area contributed by atoms with E-state index in [0.717, 1.165) is 11.1 Å². The first-order chi connectivity index (χ1) is 9.60. The van der Waals surface area contributed by atoms with Crippen LogP contribution in [0.5, 0.6) is 0 Å². The minimum Gasteiger partial charge on any atom is -0.304 e. The second kappa shape index (κ2) is 6.31. The van der Waals surface area contributed by atoms with E-state index >= 15 is 0 Å². The molecule has 0 aromatic heterocycles. The highest BCUT2D eigenvalue weighted by molar-refractivity contribution is 5.34. The number of nitrogens with zero attached hydrogens (tertiary/aromatic N) is 1. The van der Waals surface area contributed by atoms with E-state index < -0.39 is 0 Å². The lowest BCUT2D eigenvalue weighted by atomic mass is 10.0. The zero-order valence-electron chi connectivity index (χ0n) is 11.6. The van der Waals surface area contributed by atoms with Crippen molar-refractivity contribution in [2.75, 3.05) is 0 Å². The van der Waals surface area contributed by atoms with Crippen molar-refractivity contribution in [1.29, 1.82) is 5.26 Å². The van der Waals surface area contributed by atoms with Crippen molar-refractivity contribution in [3.63, 3.8) is 0 Å². The molecule has 1 N–H and O–H groups in total. The van der Waals surface area contributed by atoms with E-state index in [2.05, 4.69) is 11.4 Å². The molecular weight excluding hydrogens is 251 g/mol. The molecular formula is C17H17FN2. The Hall–Kier alpha value is -2.18. The van der Waals surface area contributed by atoms with Crippen LogP contribution in [0, 0.1) is 17.1 Å². The summed E-state index contributed by atoms with van der Waals surface area (Å²) in [5.74, 6) is -0.227. The summed E-state index contributed by atoms with van der Waals surface area (Å²) in [5.41, 5.74) is 2.61.